The molecule has 0 bridgehead atoms. The molecule has 3 N–H and O–H groups in total. The molecule has 0 radical (unpaired) electrons. The van der Waals surface area contributed by atoms with Crippen LogP contribution in [-0.4, -0.2) is 11.9 Å². The lowest BCUT2D eigenvalue weighted by molar-refractivity contribution is -0.117. The average molecular weight is 260 g/mol. The van der Waals surface area contributed by atoms with Crippen LogP contribution >= 0.6 is 0 Å². The highest BCUT2D eigenvalue weighted by molar-refractivity contribution is 5.91. The van der Waals surface area contributed by atoms with Crippen LogP contribution in [0.3, 0.4) is 0 Å². The molecule has 19 heavy (non-hydrogen) atoms. The van der Waals surface area contributed by atoms with Gasteiger partial charge in [-0.3, -0.25) is 4.79 Å². The molecule has 1 rings (SSSR count). The minimum absolute atomic E-state index is 0.0409. The first-order valence-electron chi connectivity index (χ1n) is 6.96. The zero-order valence-electron chi connectivity index (χ0n) is 11.9. The summed E-state index contributed by atoms with van der Waals surface area (Å²) in [5, 5.41) is 2.97. The summed E-state index contributed by atoms with van der Waals surface area (Å²) < 4.78 is 0. The second-order valence-corrected chi connectivity index (χ2v) is 4.91. The van der Waals surface area contributed by atoms with E-state index in [4.69, 9.17) is 5.73 Å². The number of hydrogen-bond donors (Lipinski definition) is 2. The summed E-state index contributed by atoms with van der Waals surface area (Å²) in [4.78, 5) is 11.7. The van der Waals surface area contributed by atoms with Crippen LogP contribution in [0.5, 0.6) is 0 Å². The van der Waals surface area contributed by atoms with E-state index >= 15 is 0 Å². The topological polar surface area (TPSA) is 55.1 Å². The Morgan fingerprint density at radius 1 is 1.32 bits per heavy atom. The van der Waals surface area contributed by atoms with Crippen molar-refractivity contribution < 1.29 is 4.79 Å². The van der Waals surface area contributed by atoms with Crippen molar-refractivity contribution in [3.05, 3.63) is 35.9 Å². The molecule has 0 aliphatic rings. The van der Waals surface area contributed by atoms with Gasteiger partial charge in [0.25, 0.3) is 0 Å². The Balaban J connectivity index is 2.35. The quantitative estimate of drug-likeness (QED) is 0.448. The number of nitrogens with one attached hydrogen (secondary N) is 1. The molecule has 104 valence electrons. The Bertz CT molecular complexity index is 409. The van der Waals surface area contributed by atoms with Crippen LogP contribution < -0.4 is 11.1 Å². The maximum absolute atomic E-state index is 11.7. The Labute approximate surface area is 115 Å². The first-order valence-corrected chi connectivity index (χ1v) is 6.96. The second kappa shape index (κ2) is 8.35. The van der Waals surface area contributed by atoms with Gasteiger partial charge in [0.1, 0.15) is 0 Å². The lowest BCUT2D eigenvalue weighted by Gasteiger charge is -2.11. The molecular formula is C16H24N2O. The molecule has 1 aromatic rings. The summed E-state index contributed by atoms with van der Waals surface area (Å²) in [5.74, 6) is -0.0409. The van der Waals surface area contributed by atoms with Crippen molar-refractivity contribution in [2.75, 3.05) is 5.73 Å². The molecule has 0 heterocycles. The number of benzene rings is 1. The van der Waals surface area contributed by atoms with E-state index in [0.29, 0.717) is 0 Å². The number of nitrogens with two attached hydrogens (primary N) is 1. The predicted molar refractivity (Wildman–Crippen MR) is 81.6 cm³/mol. The van der Waals surface area contributed by atoms with Crippen molar-refractivity contribution in [1.82, 2.24) is 5.32 Å². The minimum Gasteiger partial charge on any atom is -0.399 e. The first kappa shape index (κ1) is 15.3. The molecule has 0 saturated heterocycles. The molecule has 1 atom stereocenters. The van der Waals surface area contributed by atoms with Crippen LogP contribution in [0.15, 0.2) is 30.3 Å². The lowest BCUT2D eigenvalue weighted by Crippen LogP contribution is -2.30. The summed E-state index contributed by atoms with van der Waals surface area (Å²) in [6, 6.07) is 7.67. The molecule has 1 aromatic carbocycles. The molecule has 1 amide bonds. The maximum Gasteiger partial charge on any atom is 0.244 e. The van der Waals surface area contributed by atoms with Crippen LogP contribution in [0.4, 0.5) is 5.69 Å². The molecule has 0 fully saturated rings. The third-order valence-electron chi connectivity index (χ3n) is 2.99. The molecule has 0 aliphatic carbocycles. The van der Waals surface area contributed by atoms with Gasteiger partial charge in [-0.15, -0.1) is 0 Å². The Hall–Kier alpha value is -1.77. The van der Waals surface area contributed by atoms with Gasteiger partial charge in [-0.1, -0.05) is 38.3 Å². The van der Waals surface area contributed by atoms with Crippen molar-refractivity contribution in [1.29, 1.82) is 0 Å². The number of nitrogen functional groups attached to an aromatic ring is 1. The fourth-order valence-electron chi connectivity index (χ4n) is 1.84. The fourth-order valence-corrected chi connectivity index (χ4v) is 1.84. The molecule has 0 aromatic heterocycles. The normalized spacial score (nSPS) is 12.5. The minimum atomic E-state index is -0.0409. The van der Waals surface area contributed by atoms with Gasteiger partial charge in [-0.25, -0.2) is 0 Å². The molecule has 0 aliphatic heterocycles. The van der Waals surface area contributed by atoms with Gasteiger partial charge in [0.15, 0.2) is 0 Å². The van der Waals surface area contributed by atoms with E-state index in [2.05, 4.69) is 12.2 Å². The number of anilines is 1. The zero-order valence-corrected chi connectivity index (χ0v) is 11.9. The van der Waals surface area contributed by atoms with Gasteiger partial charge in [0.2, 0.25) is 5.91 Å². The molecule has 3 heteroatoms. The number of carbonyl (C=O) groups is 1. The van der Waals surface area contributed by atoms with Gasteiger partial charge in [-0.2, -0.15) is 0 Å². The molecule has 0 saturated carbocycles. The SMILES string of the molecule is CCCCCC(C)NC(=O)/C=C/c1ccc(N)cc1. The number of amides is 1. The Kier molecular flexibility index (Phi) is 6.72. The third kappa shape index (κ3) is 6.65. The van der Waals surface area contributed by atoms with E-state index in [1.807, 2.05) is 31.2 Å². The highest BCUT2D eigenvalue weighted by atomic mass is 16.1. The van der Waals surface area contributed by atoms with Crippen LogP contribution in [-0.2, 0) is 4.79 Å². The summed E-state index contributed by atoms with van der Waals surface area (Å²) in [5.41, 5.74) is 7.31. The smallest absolute Gasteiger partial charge is 0.244 e. The van der Waals surface area contributed by atoms with Crippen LogP contribution in [0, 0.1) is 0 Å². The van der Waals surface area contributed by atoms with Crippen molar-refractivity contribution >= 4 is 17.7 Å². The zero-order chi connectivity index (χ0) is 14.1. The van der Waals surface area contributed by atoms with E-state index in [1.165, 1.54) is 19.3 Å². The maximum atomic E-state index is 11.7. The predicted octanol–water partition coefficient (Wildman–Crippen LogP) is 3.37. The Morgan fingerprint density at radius 2 is 2.00 bits per heavy atom. The summed E-state index contributed by atoms with van der Waals surface area (Å²) in [6.45, 7) is 4.23. The highest BCUT2D eigenvalue weighted by Crippen LogP contribution is 2.07. The van der Waals surface area contributed by atoms with Gasteiger partial charge in [0.05, 0.1) is 0 Å². The van der Waals surface area contributed by atoms with E-state index < -0.39 is 0 Å². The number of rotatable bonds is 7. The number of unbranched alkanes of at least 4 members (excludes halogenated alkanes) is 2. The van der Waals surface area contributed by atoms with E-state index in [1.54, 1.807) is 12.2 Å². The standard InChI is InChI=1S/C16H24N2O/c1-3-4-5-6-13(2)18-16(19)12-9-14-7-10-15(17)11-8-14/h7-13H,3-6,17H2,1-2H3,(H,18,19)/b12-9+. The molecule has 0 spiro atoms. The second-order valence-electron chi connectivity index (χ2n) is 4.91. The third-order valence-corrected chi connectivity index (χ3v) is 2.99. The largest absolute Gasteiger partial charge is 0.399 e. The van der Waals surface area contributed by atoms with Gasteiger partial charge in [0, 0.05) is 17.8 Å². The van der Waals surface area contributed by atoms with Gasteiger partial charge >= 0.3 is 0 Å². The van der Waals surface area contributed by atoms with Crippen molar-refractivity contribution in [2.24, 2.45) is 0 Å². The van der Waals surface area contributed by atoms with Crippen LogP contribution in [0.2, 0.25) is 0 Å². The number of hydrogen-bond acceptors (Lipinski definition) is 2. The van der Waals surface area contributed by atoms with E-state index in [9.17, 15) is 4.79 Å². The first-order chi connectivity index (χ1) is 9.11. The summed E-state index contributed by atoms with van der Waals surface area (Å²) >= 11 is 0. The van der Waals surface area contributed by atoms with E-state index in [-0.39, 0.29) is 11.9 Å². The number of carbonyl (C=O) groups excluding carboxylic acids is 1. The molecule has 1 unspecified atom stereocenters. The summed E-state index contributed by atoms with van der Waals surface area (Å²) in [7, 11) is 0. The van der Waals surface area contributed by atoms with Crippen LogP contribution in [0.1, 0.15) is 45.1 Å². The molecular weight excluding hydrogens is 236 g/mol. The molecule has 3 nitrogen and oxygen atoms in total. The average Bonchev–Trinajstić information content (AvgIpc) is 2.38. The van der Waals surface area contributed by atoms with Crippen LogP contribution in [0.25, 0.3) is 6.08 Å². The summed E-state index contributed by atoms with van der Waals surface area (Å²) in [6.07, 6.45) is 8.00. The fraction of sp³-hybridized carbons (Fsp3) is 0.438. The Morgan fingerprint density at radius 3 is 2.63 bits per heavy atom. The van der Waals surface area contributed by atoms with Gasteiger partial charge in [-0.05, 0) is 37.1 Å². The highest BCUT2D eigenvalue weighted by Gasteiger charge is 2.03. The lowest BCUT2D eigenvalue weighted by atomic mass is 10.1. The monoisotopic (exact) mass is 260 g/mol. The van der Waals surface area contributed by atoms with Crippen molar-refractivity contribution in [3.8, 4) is 0 Å². The van der Waals surface area contributed by atoms with Crippen molar-refractivity contribution in [3.63, 3.8) is 0 Å². The van der Waals surface area contributed by atoms with E-state index in [0.717, 1.165) is 17.7 Å². The van der Waals surface area contributed by atoms with Gasteiger partial charge < -0.3 is 11.1 Å². The van der Waals surface area contributed by atoms with Crippen molar-refractivity contribution in [2.45, 2.75) is 45.6 Å².